The molecule has 0 saturated carbocycles. The van der Waals surface area contributed by atoms with Gasteiger partial charge in [0.25, 0.3) is 0 Å². The van der Waals surface area contributed by atoms with Gasteiger partial charge < -0.3 is 20.7 Å². The van der Waals surface area contributed by atoms with Crippen LogP contribution in [0.25, 0.3) is 0 Å². The first-order valence-electron chi connectivity index (χ1n) is 9.15. The summed E-state index contributed by atoms with van der Waals surface area (Å²) in [5.74, 6) is 0.773. The van der Waals surface area contributed by atoms with Crippen molar-refractivity contribution in [2.75, 3.05) is 22.6 Å². The molecule has 1 fully saturated rings. The number of hydrogen-bond donors (Lipinski definition) is 3. The number of aromatic nitrogens is 3. The highest BCUT2D eigenvalue weighted by Gasteiger charge is 2.27. The van der Waals surface area contributed by atoms with E-state index in [9.17, 15) is 4.79 Å². The fourth-order valence-electron chi connectivity index (χ4n) is 2.80. The van der Waals surface area contributed by atoms with Crippen molar-refractivity contribution in [1.82, 2.24) is 15.0 Å². The van der Waals surface area contributed by atoms with E-state index in [1.807, 2.05) is 54.6 Å². The number of rotatable bonds is 7. The summed E-state index contributed by atoms with van der Waals surface area (Å²) >= 11 is 3.42. The summed E-state index contributed by atoms with van der Waals surface area (Å²) in [5, 5.41) is 9.41. The van der Waals surface area contributed by atoms with Gasteiger partial charge in [0, 0.05) is 23.1 Å². The monoisotopic (exact) mass is 454 g/mol. The second kappa shape index (κ2) is 8.87. The van der Waals surface area contributed by atoms with E-state index in [2.05, 4.69) is 46.8 Å². The molecule has 2 aromatic carbocycles. The zero-order chi connectivity index (χ0) is 20.1. The first-order valence-corrected chi connectivity index (χ1v) is 9.95. The zero-order valence-electron chi connectivity index (χ0n) is 15.4. The summed E-state index contributed by atoms with van der Waals surface area (Å²) in [7, 11) is 0. The van der Waals surface area contributed by atoms with E-state index in [4.69, 9.17) is 4.74 Å². The fraction of sp³-hybridized carbons (Fsp3) is 0.200. The molecular formula is C20H19BrN6O2. The molecule has 1 aromatic heterocycles. The Morgan fingerprint density at radius 1 is 0.966 bits per heavy atom. The number of cyclic esters (lactones) is 1. The molecular weight excluding hydrogens is 436 g/mol. The molecule has 0 unspecified atom stereocenters. The zero-order valence-corrected chi connectivity index (χ0v) is 17.0. The maximum absolute atomic E-state index is 11.8. The van der Waals surface area contributed by atoms with Crippen LogP contribution in [0, 0.1) is 0 Å². The van der Waals surface area contributed by atoms with Crippen LogP contribution < -0.4 is 16.0 Å². The van der Waals surface area contributed by atoms with Gasteiger partial charge in [-0.2, -0.15) is 15.0 Å². The van der Waals surface area contributed by atoms with Gasteiger partial charge in [0.05, 0.1) is 6.61 Å². The predicted molar refractivity (Wildman–Crippen MR) is 114 cm³/mol. The number of nitrogens with zero attached hydrogens (tertiary/aromatic N) is 3. The molecule has 3 aromatic rings. The average Bonchev–Trinajstić information content (AvgIpc) is 3.13. The first kappa shape index (κ1) is 19.1. The van der Waals surface area contributed by atoms with Crippen molar-refractivity contribution < 1.29 is 9.53 Å². The Kier molecular flexibility index (Phi) is 5.85. The van der Waals surface area contributed by atoms with E-state index in [0.717, 1.165) is 15.7 Å². The second-order valence-corrected chi connectivity index (χ2v) is 7.35. The first-order chi connectivity index (χ1) is 14.2. The average molecular weight is 455 g/mol. The van der Waals surface area contributed by atoms with Gasteiger partial charge >= 0.3 is 5.97 Å². The Morgan fingerprint density at radius 2 is 1.69 bits per heavy atom. The Bertz CT molecular complexity index is 984. The number of esters is 1. The minimum absolute atomic E-state index is 0.299. The highest BCUT2D eigenvalue weighted by molar-refractivity contribution is 9.10. The molecule has 29 heavy (non-hydrogen) atoms. The Labute approximate surface area is 176 Å². The number of carbonyl (C=O) groups excluding carboxylic acids is 1. The van der Waals surface area contributed by atoms with Crippen molar-refractivity contribution >= 4 is 45.4 Å². The smallest absolute Gasteiger partial charge is 0.328 e. The molecule has 1 aliphatic rings. The number of benzene rings is 2. The third-order valence-electron chi connectivity index (χ3n) is 4.27. The third kappa shape index (κ3) is 5.20. The molecule has 1 atom stereocenters. The molecule has 0 spiro atoms. The van der Waals surface area contributed by atoms with Crippen molar-refractivity contribution in [3.05, 3.63) is 64.6 Å². The van der Waals surface area contributed by atoms with Gasteiger partial charge in [-0.25, -0.2) is 4.79 Å². The van der Waals surface area contributed by atoms with E-state index >= 15 is 0 Å². The molecule has 1 aliphatic heterocycles. The van der Waals surface area contributed by atoms with Crippen molar-refractivity contribution in [1.29, 1.82) is 0 Å². The lowest BCUT2D eigenvalue weighted by Crippen LogP contribution is -2.26. The SMILES string of the molecule is O=C1OCC[C@@H]1Nc1nc(NCc2ccccc2)nc(Nc2ccc(Br)cc2)n1. The minimum Gasteiger partial charge on any atom is -0.464 e. The highest BCUT2D eigenvalue weighted by Crippen LogP contribution is 2.20. The van der Waals surface area contributed by atoms with Crippen LogP contribution in [-0.4, -0.2) is 33.6 Å². The summed E-state index contributed by atoms with van der Waals surface area (Å²) in [5.41, 5.74) is 1.93. The van der Waals surface area contributed by atoms with Crippen LogP contribution in [0.15, 0.2) is 59.1 Å². The molecule has 0 aliphatic carbocycles. The van der Waals surface area contributed by atoms with Gasteiger partial charge in [-0.3, -0.25) is 0 Å². The van der Waals surface area contributed by atoms with Crippen molar-refractivity contribution in [3.8, 4) is 0 Å². The lowest BCUT2D eigenvalue weighted by molar-refractivity contribution is -0.138. The Balaban J connectivity index is 1.55. The molecule has 148 valence electrons. The van der Waals surface area contributed by atoms with Gasteiger partial charge in [-0.1, -0.05) is 46.3 Å². The molecule has 0 bridgehead atoms. The second-order valence-electron chi connectivity index (χ2n) is 6.43. The standard InChI is InChI=1S/C20H19BrN6O2/c21-14-6-8-15(9-7-14)23-19-25-18(22-12-13-4-2-1-3-5-13)26-20(27-19)24-16-10-11-29-17(16)28/h1-9,16H,10-12H2,(H3,22,23,24,25,26,27)/t16-/m0/s1. The van der Waals surface area contributed by atoms with Gasteiger partial charge in [0.1, 0.15) is 6.04 Å². The number of hydrogen-bond acceptors (Lipinski definition) is 8. The van der Waals surface area contributed by atoms with Crippen LogP contribution in [-0.2, 0) is 16.1 Å². The van der Waals surface area contributed by atoms with Crippen molar-refractivity contribution in [2.24, 2.45) is 0 Å². The lowest BCUT2D eigenvalue weighted by atomic mass is 10.2. The van der Waals surface area contributed by atoms with E-state index in [1.54, 1.807) is 0 Å². The van der Waals surface area contributed by atoms with Crippen LogP contribution in [0.5, 0.6) is 0 Å². The quantitative estimate of drug-likeness (QED) is 0.464. The lowest BCUT2D eigenvalue weighted by Gasteiger charge is -2.13. The minimum atomic E-state index is -0.458. The van der Waals surface area contributed by atoms with Crippen molar-refractivity contribution in [2.45, 2.75) is 19.0 Å². The summed E-state index contributed by atoms with van der Waals surface area (Å²) in [6.07, 6.45) is 0.576. The molecule has 0 radical (unpaired) electrons. The fourth-order valence-corrected chi connectivity index (χ4v) is 3.06. The molecule has 0 amide bonds. The van der Waals surface area contributed by atoms with Crippen LogP contribution >= 0.6 is 15.9 Å². The molecule has 8 nitrogen and oxygen atoms in total. The van der Waals surface area contributed by atoms with Crippen LogP contribution in [0.4, 0.5) is 23.5 Å². The largest absolute Gasteiger partial charge is 0.464 e. The number of carbonyl (C=O) groups is 1. The van der Waals surface area contributed by atoms with E-state index in [-0.39, 0.29) is 5.97 Å². The molecule has 9 heteroatoms. The summed E-state index contributed by atoms with van der Waals surface area (Å²) in [6.45, 7) is 0.957. The molecule has 2 heterocycles. The van der Waals surface area contributed by atoms with Crippen LogP contribution in [0.1, 0.15) is 12.0 Å². The predicted octanol–water partition coefficient (Wildman–Crippen LogP) is 3.72. The van der Waals surface area contributed by atoms with E-state index < -0.39 is 6.04 Å². The van der Waals surface area contributed by atoms with Gasteiger partial charge in [0.2, 0.25) is 17.8 Å². The number of ether oxygens (including phenoxy) is 1. The topological polar surface area (TPSA) is 101 Å². The normalized spacial score (nSPS) is 15.6. The number of nitrogens with one attached hydrogen (secondary N) is 3. The Morgan fingerprint density at radius 3 is 2.41 bits per heavy atom. The van der Waals surface area contributed by atoms with Gasteiger partial charge in [-0.15, -0.1) is 0 Å². The third-order valence-corrected chi connectivity index (χ3v) is 4.80. The van der Waals surface area contributed by atoms with Gasteiger partial charge in [-0.05, 0) is 29.8 Å². The summed E-state index contributed by atoms with van der Waals surface area (Å²) < 4.78 is 5.98. The molecule has 1 saturated heterocycles. The Hall–Kier alpha value is -3.20. The van der Waals surface area contributed by atoms with Crippen LogP contribution in [0.3, 0.4) is 0 Å². The van der Waals surface area contributed by atoms with Crippen LogP contribution in [0.2, 0.25) is 0 Å². The molecule has 4 rings (SSSR count). The maximum Gasteiger partial charge on any atom is 0.328 e. The molecule has 3 N–H and O–H groups in total. The number of anilines is 4. The van der Waals surface area contributed by atoms with Crippen molar-refractivity contribution in [3.63, 3.8) is 0 Å². The van der Waals surface area contributed by atoms with E-state index in [1.165, 1.54) is 0 Å². The summed E-state index contributed by atoms with van der Waals surface area (Å²) in [6, 6.07) is 17.2. The van der Waals surface area contributed by atoms with E-state index in [0.29, 0.717) is 37.4 Å². The van der Waals surface area contributed by atoms with Gasteiger partial charge in [0.15, 0.2) is 0 Å². The highest BCUT2D eigenvalue weighted by atomic mass is 79.9. The summed E-state index contributed by atoms with van der Waals surface area (Å²) in [4.78, 5) is 25.0. The maximum atomic E-state index is 11.8. The number of halogens is 1.